The summed E-state index contributed by atoms with van der Waals surface area (Å²) in [5, 5.41) is 4.98. The quantitative estimate of drug-likeness (QED) is 0.241. The van der Waals surface area contributed by atoms with E-state index in [1.807, 2.05) is 12.1 Å². The van der Waals surface area contributed by atoms with Gasteiger partial charge in [-0.25, -0.2) is 0 Å². The highest BCUT2D eigenvalue weighted by molar-refractivity contribution is 5.84. The summed E-state index contributed by atoms with van der Waals surface area (Å²) >= 11 is 0. The van der Waals surface area contributed by atoms with E-state index >= 15 is 0 Å². The first-order valence-corrected chi connectivity index (χ1v) is 13.3. The fourth-order valence-corrected chi connectivity index (χ4v) is 4.47. The molecule has 0 saturated heterocycles. The lowest BCUT2D eigenvalue weighted by molar-refractivity contribution is -0.121. The van der Waals surface area contributed by atoms with Gasteiger partial charge < -0.3 is 5.32 Å². The molecule has 0 radical (unpaired) electrons. The summed E-state index contributed by atoms with van der Waals surface area (Å²) in [5.74, 6) is 0.368. The molecule has 1 aromatic carbocycles. The van der Waals surface area contributed by atoms with Crippen molar-refractivity contribution in [1.82, 2.24) is 10.3 Å². The molecule has 1 aromatic heterocycles. The Labute approximate surface area is 196 Å². The molecule has 0 amide bonds. The van der Waals surface area contributed by atoms with Gasteiger partial charge in [-0.1, -0.05) is 103 Å². The van der Waals surface area contributed by atoms with E-state index in [1.165, 1.54) is 64.2 Å². The van der Waals surface area contributed by atoms with E-state index in [0.29, 0.717) is 24.7 Å². The third kappa shape index (κ3) is 9.81. The molecule has 1 atom stereocenters. The Morgan fingerprint density at radius 2 is 1.47 bits per heavy atom. The molecule has 178 valence electrons. The number of rotatable bonds is 18. The molecule has 0 bridgehead atoms. The van der Waals surface area contributed by atoms with Gasteiger partial charge in [-0.05, 0) is 31.4 Å². The zero-order valence-electron chi connectivity index (χ0n) is 20.9. The molecule has 2 rings (SSSR count). The number of hydrogen-bond acceptors (Lipinski definition) is 3. The van der Waals surface area contributed by atoms with E-state index in [4.69, 9.17) is 4.98 Å². The minimum absolute atomic E-state index is 0.126. The van der Waals surface area contributed by atoms with Crippen molar-refractivity contribution < 1.29 is 4.79 Å². The van der Waals surface area contributed by atoms with Crippen molar-refractivity contribution in [2.45, 2.75) is 123 Å². The molecule has 0 fully saturated rings. The van der Waals surface area contributed by atoms with Crippen molar-refractivity contribution >= 4 is 16.7 Å². The van der Waals surface area contributed by atoms with Gasteiger partial charge in [-0.3, -0.25) is 9.78 Å². The summed E-state index contributed by atoms with van der Waals surface area (Å²) in [6.45, 7) is 6.73. The minimum Gasteiger partial charge on any atom is -0.304 e. The van der Waals surface area contributed by atoms with Gasteiger partial charge >= 0.3 is 0 Å². The molecule has 2 aromatic rings. The first-order chi connectivity index (χ1) is 15.7. The van der Waals surface area contributed by atoms with Gasteiger partial charge in [0.05, 0.1) is 11.6 Å². The number of carbonyl (C=O) groups excluding carboxylic acids is 1. The lowest BCUT2D eigenvalue weighted by Crippen LogP contribution is -2.45. The molecule has 1 heterocycles. The number of carbonyl (C=O) groups is 1. The molecule has 0 spiro atoms. The lowest BCUT2D eigenvalue weighted by atomic mass is 9.96. The summed E-state index contributed by atoms with van der Waals surface area (Å²) in [6, 6.07) is 12.8. The SMILES string of the molecule is CCCCCCC(=O)[C@H](Cc1ccc2ccccc2n1)NC(CCCCC)CCCCC. The molecular formula is C29H46N2O. The standard InChI is InChI=1S/C29H46N2O/c1-4-7-10-13-20-29(32)28(30-25(17-11-8-5-2)18-12-9-6-3)23-26-22-21-24-16-14-15-19-27(24)31-26/h14-16,19,21-22,25,28,30H,4-13,17-18,20,23H2,1-3H3/t28-/m0/s1. The van der Waals surface area contributed by atoms with Crippen molar-refractivity contribution in [2.24, 2.45) is 0 Å². The second kappa shape index (κ2) is 16.0. The Bertz CT molecular complexity index is 763. The van der Waals surface area contributed by atoms with Crippen LogP contribution in [0.15, 0.2) is 36.4 Å². The van der Waals surface area contributed by atoms with Gasteiger partial charge in [0.2, 0.25) is 0 Å². The van der Waals surface area contributed by atoms with Crippen LogP contribution >= 0.6 is 0 Å². The Hall–Kier alpha value is -1.74. The molecule has 32 heavy (non-hydrogen) atoms. The number of benzene rings is 1. The fourth-order valence-electron chi connectivity index (χ4n) is 4.47. The van der Waals surface area contributed by atoms with Crippen LogP contribution in [-0.4, -0.2) is 22.9 Å². The van der Waals surface area contributed by atoms with Crippen LogP contribution in [0.1, 0.15) is 110 Å². The Morgan fingerprint density at radius 1 is 0.812 bits per heavy atom. The third-order valence-electron chi connectivity index (χ3n) is 6.48. The van der Waals surface area contributed by atoms with Crippen LogP contribution in [0, 0.1) is 0 Å². The number of pyridine rings is 1. The monoisotopic (exact) mass is 438 g/mol. The molecule has 0 aliphatic rings. The summed E-state index contributed by atoms with van der Waals surface area (Å²) in [5.41, 5.74) is 2.03. The molecule has 0 aliphatic heterocycles. The predicted molar refractivity (Wildman–Crippen MR) is 138 cm³/mol. The Morgan fingerprint density at radius 3 is 2.16 bits per heavy atom. The maximum atomic E-state index is 13.3. The lowest BCUT2D eigenvalue weighted by Gasteiger charge is -2.25. The van der Waals surface area contributed by atoms with E-state index in [0.717, 1.165) is 29.4 Å². The van der Waals surface area contributed by atoms with Crippen LogP contribution in [0.2, 0.25) is 0 Å². The van der Waals surface area contributed by atoms with E-state index in [2.05, 4.69) is 50.4 Å². The number of nitrogens with one attached hydrogen (secondary N) is 1. The number of ketones is 1. The highest BCUT2D eigenvalue weighted by Crippen LogP contribution is 2.17. The van der Waals surface area contributed by atoms with Crippen molar-refractivity contribution in [2.75, 3.05) is 0 Å². The van der Waals surface area contributed by atoms with E-state index in [1.54, 1.807) is 0 Å². The highest BCUT2D eigenvalue weighted by atomic mass is 16.1. The van der Waals surface area contributed by atoms with E-state index in [9.17, 15) is 4.79 Å². The van der Waals surface area contributed by atoms with Crippen LogP contribution in [0.5, 0.6) is 0 Å². The number of aromatic nitrogens is 1. The van der Waals surface area contributed by atoms with Gasteiger partial charge in [-0.2, -0.15) is 0 Å². The number of hydrogen-bond donors (Lipinski definition) is 1. The summed E-state index contributed by atoms with van der Waals surface area (Å²) < 4.78 is 0. The normalized spacial score (nSPS) is 12.5. The summed E-state index contributed by atoms with van der Waals surface area (Å²) in [7, 11) is 0. The van der Waals surface area contributed by atoms with Crippen LogP contribution in [-0.2, 0) is 11.2 Å². The maximum Gasteiger partial charge on any atom is 0.150 e. The topological polar surface area (TPSA) is 42.0 Å². The second-order valence-electron chi connectivity index (χ2n) is 9.38. The zero-order chi connectivity index (χ0) is 23.0. The second-order valence-corrected chi connectivity index (χ2v) is 9.38. The number of para-hydroxylation sites is 1. The van der Waals surface area contributed by atoms with Gasteiger partial charge in [-0.15, -0.1) is 0 Å². The molecule has 0 saturated carbocycles. The number of fused-ring (bicyclic) bond motifs is 1. The number of Topliss-reactive ketones (excluding diaryl/α,β-unsaturated/α-hetero) is 1. The largest absolute Gasteiger partial charge is 0.304 e. The maximum absolute atomic E-state index is 13.3. The van der Waals surface area contributed by atoms with Crippen LogP contribution in [0.25, 0.3) is 10.9 Å². The highest BCUT2D eigenvalue weighted by Gasteiger charge is 2.22. The Kier molecular flexibility index (Phi) is 13.2. The van der Waals surface area contributed by atoms with Crippen LogP contribution in [0.3, 0.4) is 0 Å². The average molecular weight is 439 g/mol. The predicted octanol–water partition coefficient (Wildman–Crippen LogP) is 7.80. The molecular weight excluding hydrogens is 392 g/mol. The van der Waals surface area contributed by atoms with Gasteiger partial charge in [0.15, 0.2) is 0 Å². The van der Waals surface area contributed by atoms with Crippen molar-refractivity contribution in [3.05, 3.63) is 42.1 Å². The zero-order valence-corrected chi connectivity index (χ0v) is 20.9. The number of unbranched alkanes of at least 4 members (excludes halogenated alkanes) is 7. The van der Waals surface area contributed by atoms with Crippen LogP contribution in [0.4, 0.5) is 0 Å². The summed E-state index contributed by atoms with van der Waals surface area (Å²) in [6.07, 6.45) is 15.8. The molecule has 3 heteroatoms. The van der Waals surface area contributed by atoms with Gasteiger partial charge in [0.25, 0.3) is 0 Å². The van der Waals surface area contributed by atoms with Crippen LogP contribution < -0.4 is 5.32 Å². The van der Waals surface area contributed by atoms with Crippen molar-refractivity contribution in [3.8, 4) is 0 Å². The third-order valence-corrected chi connectivity index (χ3v) is 6.48. The molecule has 0 aliphatic carbocycles. The fraction of sp³-hybridized carbons (Fsp3) is 0.655. The molecule has 1 N–H and O–H groups in total. The average Bonchev–Trinajstić information content (AvgIpc) is 2.81. The van der Waals surface area contributed by atoms with E-state index in [-0.39, 0.29) is 6.04 Å². The summed E-state index contributed by atoms with van der Waals surface area (Å²) in [4.78, 5) is 18.2. The Balaban J connectivity index is 2.11. The van der Waals surface area contributed by atoms with Gasteiger partial charge in [0.1, 0.15) is 5.78 Å². The van der Waals surface area contributed by atoms with Gasteiger partial charge in [0, 0.05) is 30.0 Å². The number of nitrogens with zero attached hydrogens (tertiary/aromatic N) is 1. The first kappa shape index (κ1) is 26.5. The van der Waals surface area contributed by atoms with E-state index < -0.39 is 0 Å². The first-order valence-electron chi connectivity index (χ1n) is 13.3. The minimum atomic E-state index is -0.126. The van der Waals surface area contributed by atoms with Crippen molar-refractivity contribution in [1.29, 1.82) is 0 Å². The molecule has 0 unspecified atom stereocenters. The smallest absolute Gasteiger partial charge is 0.150 e. The van der Waals surface area contributed by atoms with Crippen molar-refractivity contribution in [3.63, 3.8) is 0 Å². The molecule has 3 nitrogen and oxygen atoms in total.